The molecule has 0 spiro atoms. The van der Waals surface area contributed by atoms with Crippen LogP contribution in [0.1, 0.15) is 34.1 Å². The molecule has 0 amide bonds. The topological polar surface area (TPSA) is 32.3 Å². The Morgan fingerprint density at radius 2 is 2.08 bits per heavy atom. The van der Waals surface area contributed by atoms with Crippen molar-refractivity contribution in [3.63, 3.8) is 0 Å². The van der Waals surface area contributed by atoms with Gasteiger partial charge in [-0.25, -0.2) is 0 Å². The van der Waals surface area contributed by atoms with Crippen molar-refractivity contribution < 1.29 is 5.11 Å². The highest BCUT2D eigenvalue weighted by atomic mass is 16.3. The fraction of sp³-hybridized carbons (Fsp3) is 0.800. The van der Waals surface area contributed by atoms with Gasteiger partial charge in [0, 0.05) is 6.04 Å². The quantitative estimate of drug-likeness (QED) is 0.619. The molecule has 0 fully saturated rings. The van der Waals surface area contributed by atoms with Crippen LogP contribution in [0, 0.1) is 12.3 Å². The van der Waals surface area contributed by atoms with Gasteiger partial charge in [-0.3, -0.25) is 5.32 Å². The first-order valence-electron chi connectivity index (χ1n) is 4.36. The summed E-state index contributed by atoms with van der Waals surface area (Å²) in [6.07, 6.45) is 6.17. The second-order valence-electron chi connectivity index (χ2n) is 3.67. The fourth-order valence-corrected chi connectivity index (χ4v) is 0.790. The smallest absolute Gasteiger partial charge is 0.0741 e. The first-order chi connectivity index (χ1) is 5.41. The van der Waals surface area contributed by atoms with Crippen LogP contribution >= 0.6 is 0 Å². The summed E-state index contributed by atoms with van der Waals surface area (Å²) < 4.78 is 0. The highest BCUT2D eigenvalue weighted by Gasteiger charge is 2.23. The molecule has 0 bridgehead atoms. The van der Waals surface area contributed by atoms with Crippen molar-refractivity contribution >= 4 is 0 Å². The van der Waals surface area contributed by atoms with Gasteiger partial charge in [-0.05, 0) is 27.2 Å². The van der Waals surface area contributed by atoms with E-state index < -0.39 is 5.60 Å². The van der Waals surface area contributed by atoms with Crippen molar-refractivity contribution in [2.24, 2.45) is 0 Å². The molecular weight excluding hydrogens is 150 g/mol. The monoisotopic (exact) mass is 169 g/mol. The second-order valence-corrected chi connectivity index (χ2v) is 3.67. The Labute approximate surface area is 75.4 Å². The molecule has 2 heteroatoms. The number of hydrogen-bond donors (Lipinski definition) is 2. The molecule has 0 radical (unpaired) electrons. The van der Waals surface area contributed by atoms with E-state index in [1.54, 1.807) is 13.8 Å². The van der Waals surface area contributed by atoms with Gasteiger partial charge in [0.05, 0.1) is 11.6 Å². The molecule has 70 valence electrons. The Kier molecular flexibility index (Phi) is 4.30. The third-order valence-corrected chi connectivity index (χ3v) is 2.12. The van der Waals surface area contributed by atoms with Crippen LogP contribution in [0.4, 0.5) is 0 Å². The average molecular weight is 169 g/mol. The van der Waals surface area contributed by atoms with Crippen LogP contribution in [0.25, 0.3) is 0 Å². The molecule has 0 saturated carbocycles. The zero-order valence-corrected chi connectivity index (χ0v) is 8.39. The van der Waals surface area contributed by atoms with Crippen molar-refractivity contribution in [2.45, 2.75) is 51.8 Å². The molecule has 0 saturated heterocycles. The molecule has 2 atom stereocenters. The van der Waals surface area contributed by atoms with Crippen LogP contribution in [-0.4, -0.2) is 22.8 Å². The van der Waals surface area contributed by atoms with Crippen molar-refractivity contribution in [1.29, 1.82) is 0 Å². The highest BCUT2D eigenvalue weighted by molar-refractivity contribution is 5.00. The van der Waals surface area contributed by atoms with E-state index in [9.17, 15) is 5.11 Å². The summed E-state index contributed by atoms with van der Waals surface area (Å²) >= 11 is 0. The third kappa shape index (κ3) is 3.75. The van der Waals surface area contributed by atoms with Gasteiger partial charge in [-0.15, -0.1) is 6.42 Å². The molecule has 0 aliphatic heterocycles. The third-order valence-electron chi connectivity index (χ3n) is 2.12. The van der Waals surface area contributed by atoms with Crippen LogP contribution in [0.15, 0.2) is 0 Å². The van der Waals surface area contributed by atoms with Gasteiger partial charge in [0.1, 0.15) is 0 Å². The van der Waals surface area contributed by atoms with Crippen molar-refractivity contribution in [1.82, 2.24) is 5.32 Å². The minimum atomic E-state index is -0.718. The average Bonchev–Trinajstić information content (AvgIpc) is 1.97. The van der Waals surface area contributed by atoms with Crippen molar-refractivity contribution in [3.8, 4) is 12.3 Å². The molecular formula is C10H19NO. The van der Waals surface area contributed by atoms with E-state index in [1.807, 2.05) is 13.8 Å². The molecule has 0 aromatic carbocycles. The van der Waals surface area contributed by atoms with Gasteiger partial charge < -0.3 is 5.11 Å². The molecule has 2 unspecified atom stereocenters. The molecule has 0 aliphatic rings. The molecule has 0 aliphatic carbocycles. The lowest BCUT2D eigenvalue weighted by Gasteiger charge is -2.29. The van der Waals surface area contributed by atoms with Gasteiger partial charge in [0.2, 0.25) is 0 Å². The lowest BCUT2D eigenvalue weighted by Crippen LogP contribution is -2.48. The van der Waals surface area contributed by atoms with Crippen LogP contribution in [0.3, 0.4) is 0 Å². The lowest BCUT2D eigenvalue weighted by molar-refractivity contribution is 0.0420. The van der Waals surface area contributed by atoms with Gasteiger partial charge in [-0.2, -0.15) is 0 Å². The second kappa shape index (κ2) is 4.49. The molecule has 2 nitrogen and oxygen atoms in total. The molecule has 12 heavy (non-hydrogen) atoms. The number of nitrogens with one attached hydrogen (secondary N) is 1. The molecule has 0 heterocycles. The summed E-state index contributed by atoms with van der Waals surface area (Å²) in [7, 11) is 0. The summed E-state index contributed by atoms with van der Waals surface area (Å²) in [4.78, 5) is 0. The van der Waals surface area contributed by atoms with Crippen molar-refractivity contribution in [2.75, 3.05) is 0 Å². The predicted octanol–water partition coefficient (Wildman–Crippen LogP) is 1.15. The summed E-state index contributed by atoms with van der Waals surface area (Å²) in [5.41, 5.74) is -0.718. The predicted molar refractivity (Wildman–Crippen MR) is 51.8 cm³/mol. The lowest BCUT2D eigenvalue weighted by atomic mass is 9.99. The molecule has 2 N–H and O–H groups in total. The van der Waals surface area contributed by atoms with Crippen LogP contribution in [0.5, 0.6) is 0 Å². The van der Waals surface area contributed by atoms with Crippen LogP contribution < -0.4 is 5.32 Å². The summed E-state index contributed by atoms with van der Waals surface area (Å²) in [5.74, 6) is 2.63. The van der Waals surface area contributed by atoms with E-state index in [4.69, 9.17) is 6.42 Å². The van der Waals surface area contributed by atoms with E-state index in [1.165, 1.54) is 0 Å². The number of hydrogen-bond acceptors (Lipinski definition) is 2. The molecule has 0 aromatic heterocycles. The number of aliphatic hydroxyl groups is 1. The number of rotatable bonds is 4. The van der Waals surface area contributed by atoms with E-state index in [-0.39, 0.29) is 12.1 Å². The maximum absolute atomic E-state index is 9.59. The van der Waals surface area contributed by atoms with Crippen LogP contribution in [-0.2, 0) is 0 Å². The Balaban J connectivity index is 4.01. The maximum atomic E-state index is 9.59. The normalized spacial score (nSPS) is 16.7. The van der Waals surface area contributed by atoms with Gasteiger partial charge >= 0.3 is 0 Å². The summed E-state index contributed by atoms with van der Waals surface area (Å²) in [5, 5.41) is 12.8. The summed E-state index contributed by atoms with van der Waals surface area (Å²) in [6, 6.07) is 0.0740. The van der Waals surface area contributed by atoms with E-state index in [2.05, 4.69) is 11.2 Å². The van der Waals surface area contributed by atoms with E-state index in [0.717, 1.165) is 6.42 Å². The first kappa shape index (κ1) is 11.5. The Hall–Kier alpha value is -0.520. The zero-order chi connectivity index (χ0) is 9.78. The summed E-state index contributed by atoms with van der Waals surface area (Å²) in [6.45, 7) is 7.50. The zero-order valence-electron chi connectivity index (χ0n) is 8.39. The highest BCUT2D eigenvalue weighted by Crippen LogP contribution is 2.08. The largest absolute Gasteiger partial charge is 0.389 e. The fourth-order valence-electron chi connectivity index (χ4n) is 0.790. The van der Waals surface area contributed by atoms with Gasteiger partial charge in [0.25, 0.3) is 0 Å². The van der Waals surface area contributed by atoms with Crippen LogP contribution in [0.2, 0.25) is 0 Å². The molecule has 0 rings (SSSR count). The van der Waals surface area contributed by atoms with Crippen molar-refractivity contribution in [3.05, 3.63) is 0 Å². The number of terminal acetylenes is 1. The van der Waals surface area contributed by atoms with Gasteiger partial charge in [-0.1, -0.05) is 12.8 Å². The Morgan fingerprint density at radius 1 is 1.58 bits per heavy atom. The van der Waals surface area contributed by atoms with Gasteiger partial charge in [0.15, 0.2) is 0 Å². The Morgan fingerprint density at radius 3 is 2.33 bits per heavy atom. The molecule has 0 aromatic rings. The SMILES string of the molecule is C#CC(CC)NC(C)C(C)(C)O. The van der Waals surface area contributed by atoms with E-state index in [0.29, 0.717) is 0 Å². The minimum Gasteiger partial charge on any atom is -0.389 e. The first-order valence-corrected chi connectivity index (χ1v) is 4.36. The maximum Gasteiger partial charge on any atom is 0.0741 e. The standard InChI is InChI=1S/C10H19NO/c1-6-9(7-2)11-8(3)10(4,5)12/h1,8-9,11-12H,7H2,2-5H3. The Bertz CT molecular complexity index is 164. The van der Waals surface area contributed by atoms with E-state index >= 15 is 0 Å². The minimum absolute atomic E-state index is 0.0125.